The van der Waals surface area contributed by atoms with E-state index < -0.39 is 17.9 Å². The lowest BCUT2D eigenvalue weighted by Gasteiger charge is -2.19. The summed E-state index contributed by atoms with van der Waals surface area (Å²) in [5, 5.41) is 11.4. The first-order valence-corrected chi connectivity index (χ1v) is 6.97. The second-order valence-corrected chi connectivity index (χ2v) is 5.33. The summed E-state index contributed by atoms with van der Waals surface area (Å²) in [6.45, 7) is 1.84. The average Bonchev–Trinajstić information content (AvgIpc) is 2.43. The number of fused-ring (bicyclic) bond motifs is 1. The zero-order chi connectivity index (χ0) is 14.7. The van der Waals surface area contributed by atoms with Gasteiger partial charge in [-0.05, 0) is 30.7 Å². The number of benzene rings is 1. The third-order valence-electron chi connectivity index (χ3n) is 2.99. The predicted molar refractivity (Wildman–Crippen MR) is 77.5 cm³/mol. The molecule has 0 radical (unpaired) electrons. The summed E-state index contributed by atoms with van der Waals surface area (Å²) in [7, 11) is 0. The Labute approximate surface area is 124 Å². The molecule has 0 unspecified atom stereocenters. The Hall–Kier alpha value is -1.82. The summed E-state index contributed by atoms with van der Waals surface area (Å²) in [6.07, 6.45) is 2.05. The Balaban J connectivity index is 2.18. The van der Waals surface area contributed by atoms with Crippen LogP contribution in [0.5, 0.6) is 5.75 Å². The zero-order valence-corrected chi connectivity index (χ0v) is 12.4. The largest absolute Gasteiger partial charge is 0.488 e. The fourth-order valence-corrected chi connectivity index (χ4v) is 2.25. The van der Waals surface area contributed by atoms with Gasteiger partial charge in [0.25, 0.3) is 5.91 Å². The highest BCUT2D eigenvalue weighted by Crippen LogP contribution is 2.29. The highest BCUT2D eigenvalue weighted by molar-refractivity contribution is 9.10. The third-order valence-corrected chi connectivity index (χ3v) is 3.48. The maximum Gasteiger partial charge on any atom is 0.326 e. The summed E-state index contributed by atoms with van der Waals surface area (Å²) in [5.74, 6) is -0.749. The second-order valence-electron chi connectivity index (χ2n) is 4.41. The van der Waals surface area contributed by atoms with Crippen molar-refractivity contribution in [1.29, 1.82) is 0 Å². The van der Waals surface area contributed by atoms with E-state index in [0.717, 1.165) is 10.0 Å². The fourth-order valence-electron chi connectivity index (χ4n) is 1.87. The summed E-state index contributed by atoms with van der Waals surface area (Å²) in [4.78, 5) is 23.0. The number of amides is 1. The summed E-state index contributed by atoms with van der Waals surface area (Å²) >= 11 is 3.35. The molecule has 1 aliphatic heterocycles. The number of carbonyl (C=O) groups is 2. The molecule has 0 aliphatic carbocycles. The van der Waals surface area contributed by atoms with Gasteiger partial charge in [-0.3, -0.25) is 4.79 Å². The number of rotatable bonds is 4. The van der Waals surface area contributed by atoms with Gasteiger partial charge in [0, 0.05) is 10.0 Å². The lowest BCUT2D eigenvalue weighted by molar-refractivity contribution is -0.141. The Bertz CT molecular complexity index is 583. The quantitative estimate of drug-likeness (QED) is 0.881. The monoisotopic (exact) mass is 339 g/mol. The molecule has 6 heteroatoms. The Kier molecular flexibility index (Phi) is 4.44. The molecular weight excluding hydrogens is 326 g/mol. The average molecular weight is 340 g/mol. The van der Waals surface area contributed by atoms with Crippen LogP contribution < -0.4 is 10.1 Å². The van der Waals surface area contributed by atoms with Gasteiger partial charge in [0.1, 0.15) is 18.4 Å². The SMILES string of the molecule is CC[C@@H](NC(=O)C1=Cc2cc(Br)ccc2OC1)C(=O)O. The van der Waals surface area contributed by atoms with E-state index in [4.69, 9.17) is 9.84 Å². The van der Waals surface area contributed by atoms with Gasteiger partial charge in [-0.25, -0.2) is 4.79 Å². The number of carboxylic acid groups (broad SMARTS) is 1. The van der Waals surface area contributed by atoms with Crippen LogP contribution in [0.15, 0.2) is 28.2 Å². The first-order chi connectivity index (χ1) is 9.51. The molecule has 2 rings (SSSR count). The van der Waals surface area contributed by atoms with Crippen molar-refractivity contribution in [3.05, 3.63) is 33.8 Å². The minimum atomic E-state index is -1.04. The van der Waals surface area contributed by atoms with Gasteiger partial charge in [-0.2, -0.15) is 0 Å². The van der Waals surface area contributed by atoms with Gasteiger partial charge in [0.2, 0.25) is 0 Å². The first kappa shape index (κ1) is 14.6. The van der Waals surface area contributed by atoms with E-state index in [0.29, 0.717) is 17.7 Å². The number of aliphatic carboxylic acids is 1. The molecule has 0 aromatic heterocycles. The number of nitrogens with one attached hydrogen (secondary N) is 1. The number of hydrogen-bond acceptors (Lipinski definition) is 3. The van der Waals surface area contributed by atoms with Crippen LogP contribution in [0.25, 0.3) is 6.08 Å². The molecule has 1 amide bonds. The number of ether oxygens (including phenoxy) is 1. The van der Waals surface area contributed by atoms with Gasteiger partial charge in [0.15, 0.2) is 0 Å². The van der Waals surface area contributed by atoms with Crippen LogP contribution in [0, 0.1) is 0 Å². The second kappa shape index (κ2) is 6.09. The number of halogens is 1. The van der Waals surface area contributed by atoms with Crippen LogP contribution in [0.1, 0.15) is 18.9 Å². The Morgan fingerprint density at radius 3 is 2.90 bits per heavy atom. The molecule has 1 aliphatic rings. The maximum atomic E-state index is 12.0. The van der Waals surface area contributed by atoms with Crippen molar-refractivity contribution < 1.29 is 19.4 Å². The van der Waals surface area contributed by atoms with E-state index in [-0.39, 0.29) is 6.61 Å². The number of carboxylic acids is 1. The van der Waals surface area contributed by atoms with Crippen LogP contribution in [0.4, 0.5) is 0 Å². The van der Waals surface area contributed by atoms with E-state index in [1.54, 1.807) is 13.0 Å². The lowest BCUT2D eigenvalue weighted by atomic mass is 10.1. The van der Waals surface area contributed by atoms with Crippen molar-refractivity contribution in [3.8, 4) is 5.75 Å². The molecule has 0 fully saturated rings. The van der Waals surface area contributed by atoms with Crippen molar-refractivity contribution >= 4 is 33.9 Å². The van der Waals surface area contributed by atoms with E-state index in [2.05, 4.69) is 21.2 Å². The molecule has 0 bridgehead atoms. The van der Waals surface area contributed by atoms with E-state index in [9.17, 15) is 9.59 Å². The highest BCUT2D eigenvalue weighted by Gasteiger charge is 2.22. The molecule has 0 spiro atoms. The Morgan fingerprint density at radius 2 is 2.25 bits per heavy atom. The van der Waals surface area contributed by atoms with E-state index >= 15 is 0 Å². The van der Waals surface area contributed by atoms with Crippen LogP contribution in [-0.2, 0) is 9.59 Å². The number of carbonyl (C=O) groups excluding carboxylic acids is 1. The molecule has 0 saturated carbocycles. The van der Waals surface area contributed by atoms with Gasteiger partial charge in [0.05, 0.1) is 5.57 Å². The van der Waals surface area contributed by atoms with Crippen LogP contribution in [-0.4, -0.2) is 29.6 Å². The zero-order valence-electron chi connectivity index (χ0n) is 10.9. The van der Waals surface area contributed by atoms with Crippen molar-refractivity contribution in [2.24, 2.45) is 0 Å². The smallest absolute Gasteiger partial charge is 0.326 e. The van der Waals surface area contributed by atoms with Gasteiger partial charge in [-0.15, -0.1) is 0 Å². The summed E-state index contributed by atoms with van der Waals surface area (Å²) < 4.78 is 6.37. The minimum Gasteiger partial charge on any atom is -0.488 e. The topological polar surface area (TPSA) is 75.6 Å². The molecule has 1 aromatic rings. The summed E-state index contributed by atoms with van der Waals surface area (Å²) in [6, 6.07) is 4.63. The molecule has 1 aromatic carbocycles. The fraction of sp³-hybridized carbons (Fsp3) is 0.286. The van der Waals surface area contributed by atoms with Crippen molar-refractivity contribution in [1.82, 2.24) is 5.32 Å². The van der Waals surface area contributed by atoms with Crippen LogP contribution >= 0.6 is 15.9 Å². The third kappa shape index (κ3) is 3.19. The first-order valence-electron chi connectivity index (χ1n) is 6.18. The molecular formula is C14H14BrNO4. The molecule has 106 valence electrons. The lowest BCUT2D eigenvalue weighted by Crippen LogP contribution is -2.41. The standard InChI is InChI=1S/C14H14BrNO4/c1-2-11(14(18)19)16-13(17)9-5-8-6-10(15)3-4-12(8)20-7-9/h3-6,11H,2,7H2,1H3,(H,16,17)(H,18,19)/t11-/m1/s1. The predicted octanol–water partition coefficient (Wildman–Crippen LogP) is 2.20. The molecule has 20 heavy (non-hydrogen) atoms. The molecule has 2 N–H and O–H groups in total. The minimum absolute atomic E-state index is 0.135. The molecule has 0 saturated heterocycles. The number of hydrogen-bond donors (Lipinski definition) is 2. The highest BCUT2D eigenvalue weighted by atomic mass is 79.9. The van der Waals surface area contributed by atoms with E-state index in [1.165, 1.54) is 0 Å². The van der Waals surface area contributed by atoms with Crippen LogP contribution in [0.2, 0.25) is 0 Å². The van der Waals surface area contributed by atoms with Crippen molar-refractivity contribution in [2.75, 3.05) is 6.61 Å². The van der Waals surface area contributed by atoms with Crippen molar-refractivity contribution in [2.45, 2.75) is 19.4 Å². The Morgan fingerprint density at radius 1 is 1.50 bits per heavy atom. The summed E-state index contributed by atoms with van der Waals surface area (Å²) in [5.41, 5.74) is 1.20. The maximum absolute atomic E-state index is 12.0. The molecule has 1 atom stereocenters. The van der Waals surface area contributed by atoms with Crippen molar-refractivity contribution in [3.63, 3.8) is 0 Å². The normalized spacial score (nSPS) is 14.6. The van der Waals surface area contributed by atoms with E-state index in [1.807, 2.05) is 18.2 Å². The van der Waals surface area contributed by atoms with Gasteiger partial charge in [-0.1, -0.05) is 22.9 Å². The van der Waals surface area contributed by atoms with Gasteiger partial charge >= 0.3 is 5.97 Å². The molecule has 5 nitrogen and oxygen atoms in total. The van der Waals surface area contributed by atoms with Crippen LogP contribution in [0.3, 0.4) is 0 Å². The molecule has 1 heterocycles. The van der Waals surface area contributed by atoms with Gasteiger partial charge < -0.3 is 15.2 Å².